The standard InChI is InChI=1S/C27H28N4O5/c1-16(2)29-13-7-8-17(29)14-28-22(32)15-30-25-19-11-12-21(35-3)24(36-4)23(19)27(34)31(25)20-10-6-5-9-18(20)26(30)33/h5-13,16,25H,14-15H2,1-4H3,(H,28,32)/t25-/m0/s1. The summed E-state index contributed by atoms with van der Waals surface area (Å²) >= 11 is 0. The third-order valence-electron chi connectivity index (χ3n) is 6.69. The van der Waals surface area contributed by atoms with E-state index in [0.717, 1.165) is 5.69 Å². The molecule has 3 heterocycles. The number of fused-ring (bicyclic) bond motifs is 5. The number of aromatic nitrogens is 1. The van der Waals surface area contributed by atoms with Crippen LogP contribution in [0.15, 0.2) is 54.7 Å². The Morgan fingerprint density at radius 3 is 2.50 bits per heavy atom. The summed E-state index contributed by atoms with van der Waals surface area (Å²) in [4.78, 5) is 43.4. The molecule has 3 amide bonds. The van der Waals surface area contributed by atoms with Gasteiger partial charge < -0.3 is 24.3 Å². The average molecular weight is 489 g/mol. The lowest BCUT2D eigenvalue weighted by molar-refractivity contribution is -0.122. The molecule has 186 valence electrons. The van der Waals surface area contributed by atoms with Gasteiger partial charge in [0.25, 0.3) is 11.8 Å². The van der Waals surface area contributed by atoms with E-state index in [4.69, 9.17) is 9.47 Å². The minimum Gasteiger partial charge on any atom is -0.493 e. The van der Waals surface area contributed by atoms with Gasteiger partial charge >= 0.3 is 0 Å². The van der Waals surface area contributed by atoms with Gasteiger partial charge in [-0.3, -0.25) is 19.3 Å². The zero-order valence-corrected chi connectivity index (χ0v) is 20.6. The van der Waals surface area contributed by atoms with Gasteiger partial charge in [0.05, 0.1) is 37.6 Å². The Balaban J connectivity index is 1.50. The number of carbonyl (C=O) groups excluding carboxylic acids is 3. The van der Waals surface area contributed by atoms with Crippen LogP contribution in [0.1, 0.15) is 58.0 Å². The van der Waals surface area contributed by atoms with E-state index in [9.17, 15) is 14.4 Å². The number of rotatable bonds is 7. The second-order valence-electron chi connectivity index (χ2n) is 9.04. The molecule has 0 spiro atoms. The molecule has 36 heavy (non-hydrogen) atoms. The Kier molecular flexibility index (Phi) is 5.91. The molecule has 3 aromatic rings. The quantitative estimate of drug-likeness (QED) is 0.549. The van der Waals surface area contributed by atoms with Crippen LogP contribution >= 0.6 is 0 Å². The van der Waals surface area contributed by atoms with E-state index in [2.05, 4.69) is 23.7 Å². The SMILES string of the molecule is COc1ccc2c(c1OC)C(=O)N1c3ccccc3C(=O)N(CC(=O)NCc3cccn3C(C)C)[C@H]21. The highest BCUT2D eigenvalue weighted by Crippen LogP contribution is 2.49. The molecule has 9 heteroatoms. The molecule has 0 aliphatic carbocycles. The van der Waals surface area contributed by atoms with Crippen molar-refractivity contribution in [2.24, 2.45) is 0 Å². The lowest BCUT2D eigenvalue weighted by atomic mass is 10.0. The number of hydrogen-bond acceptors (Lipinski definition) is 5. The first-order valence-electron chi connectivity index (χ1n) is 11.8. The second kappa shape index (κ2) is 9.07. The second-order valence-corrected chi connectivity index (χ2v) is 9.04. The van der Waals surface area contributed by atoms with Gasteiger partial charge in [-0.05, 0) is 44.2 Å². The largest absolute Gasteiger partial charge is 0.493 e. The molecule has 0 fully saturated rings. The highest BCUT2D eigenvalue weighted by molar-refractivity contribution is 6.18. The number of carbonyl (C=O) groups is 3. The van der Waals surface area contributed by atoms with E-state index in [1.165, 1.54) is 19.1 Å². The van der Waals surface area contributed by atoms with Crippen LogP contribution < -0.4 is 19.7 Å². The maximum atomic E-state index is 13.7. The summed E-state index contributed by atoms with van der Waals surface area (Å²) in [5, 5.41) is 2.93. The molecule has 1 aromatic heterocycles. The van der Waals surface area contributed by atoms with Gasteiger partial charge in [-0.25, -0.2) is 0 Å². The summed E-state index contributed by atoms with van der Waals surface area (Å²) in [5.74, 6) is -0.228. The molecule has 0 saturated heterocycles. The summed E-state index contributed by atoms with van der Waals surface area (Å²) in [6.07, 6.45) is 1.19. The first-order chi connectivity index (χ1) is 17.4. The summed E-state index contributed by atoms with van der Waals surface area (Å²) in [5.41, 5.74) is 2.74. The van der Waals surface area contributed by atoms with Crippen molar-refractivity contribution in [2.75, 3.05) is 25.7 Å². The van der Waals surface area contributed by atoms with Gasteiger partial charge in [-0.1, -0.05) is 18.2 Å². The molecule has 2 aliphatic rings. The smallest absolute Gasteiger partial charge is 0.264 e. The molecule has 0 unspecified atom stereocenters. The number of methoxy groups -OCH3 is 2. The van der Waals surface area contributed by atoms with Gasteiger partial charge in [-0.2, -0.15) is 0 Å². The molecule has 0 saturated carbocycles. The van der Waals surface area contributed by atoms with Crippen molar-refractivity contribution < 1.29 is 23.9 Å². The minimum atomic E-state index is -0.778. The van der Waals surface area contributed by atoms with Crippen LogP contribution in [-0.2, 0) is 11.3 Å². The Labute approximate surface area is 209 Å². The molecule has 0 radical (unpaired) electrons. The van der Waals surface area contributed by atoms with Crippen LogP contribution in [0.2, 0.25) is 0 Å². The van der Waals surface area contributed by atoms with Crippen molar-refractivity contribution in [2.45, 2.75) is 32.6 Å². The number of anilines is 1. The van der Waals surface area contributed by atoms with Crippen LogP contribution in [0.3, 0.4) is 0 Å². The van der Waals surface area contributed by atoms with Crippen molar-refractivity contribution >= 4 is 23.4 Å². The first-order valence-corrected chi connectivity index (χ1v) is 11.8. The van der Waals surface area contributed by atoms with E-state index in [0.29, 0.717) is 40.4 Å². The van der Waals surface area contributed by atoms with E-state index in [1.807, 2.05) is 18.3 Å². The first kappa shape index (κ1) is 23.5. The molecule has 5 rings (SSSR count). The number of benzene rings is 2. The van der Waals surface area contributed by atoms with Gasteiger partial charge in [0.15, 0.2) is 11.5 Å². The van der Waals surface area contributed by atoms with E-state index in [1.54, 1.807) is 41.3 Å². The fourth-order valence-electron chi connectivity index (χ4n) is 5.07. The minimum absolute atomic E-state index is 0.211. The van der Waals surface area contributed by atoms with Crippen LogP contribution in [0.4, 0.5) is 5.69 Å². The topological polar surface area (TPSA) is 93.1 Å². The highest BCUT2D eigenvalue weighted by Gasteiger charge is 2.50. The molecule has 2 aromatic carbocycles. The summed E-state index contributed by atoms with van der Waals surface area (Å²) in [6.45, 7) is 4.26. The fraction of sp³-hybridized carbons (Fsp3) is 0.296. The lowest BCUT2D eigenvalue weighted by Crippen LogP contribution is -2.51. The lowest BCUT2D eigenvalue weighted by Gasteiger charge is -2.40. The molecule has 9 nitrogen and oxygen atoms in total. The molecule has 0 bridgehead atoms. The van der Waals surface area contributed by atoms with Gasteiger partial charge in [-0.15, -0.1) is 0 Å². The molecule has 2 aliphatic heterocycles. The van der Waals surface area contributed by atoms with Crippen LogP contribution in [0.5, 0.6) is 11.5 Å². The molecule has 1 atom stereocenters. The highest BCUT2D eigenvalue weighted by atomic mass is 16.5. The Bertz CT molecular complexity index is 1360. The number of nitrogens with one attached hydrogen (secondary N) is 1. The van der Waals surface area contributed by atoms with E-state index in [-0.39, 0.29) is 30.3 Å². The van der Waals surface area contributed by atoms with Crippen LogP contribution in [0, 0.1) is 0 Å². The normalized spacial score (nSPS) is 16.1. The van der Waals surface area contributed by atoms with Gasteiger partial charge in [0.1, 0.15) is 12.7 Å². The van der Waals surface area contributed by atoms with Crippen molar-refractivity contribution in [1.29, 1.82) is 0 Å². The monoisotopic (exact) mass is 488 g/mol. The molecular weight excluding hydrogens is 460 g/mol. The van der Waals surface area contributed by atoms with Crippen molar-refractivity contribution in [3.8, 4) is 11.5 Å². The Morgan fingerprint density at radius 1 is 1.00 bits per heavy atom. The summed E-state index contributed by atoms with van der Waals surface area (Å²) in [7, 11) is 2.97. The molecule has 1 N–H and O–H groups in total. The third-order valence-corrected chi connectivity index (χ3v) is 6.69. The zero-order valence-electron chi connectivity index (χ0n) is 20.6. The average Bonchev–Trinajstić information content (AvgIpc) is 3.47. The number of hydrogen-bond donors (Lipinski definition) is 1. The third kappa shape index (κ3) is 3.59. The Hall–Kier alpha value is -4.27. The van der Waals surface area contributed by atoms with Crippen LogP contribution in [0.25, 0.3) is 0 Å². The maximum Gasteiger partial charge on any atom is 0.264 e. The zero-order chi connectivity index (χ0) is 25.6. The summed E-state index contributed by atoms with van der Waals surface area (Å²) in [6, 6.07) is 14.5. The molecular formula is C27H28N4O5. The predicted octanol–water partition coefficient (Wildman–Crippen LogP) is 3.52. The predicted molar refractivity (Wildman–Crippen MR) is 133 cm³/mol. The van der Waals surface area contributed by atoms with Crippen molar-refractivity contribution in [1.82, 2.24) is 14.8 Å². The number of ether oxygens (including phenoxy) is 2. The van der Waals surface area contributed by atoms with E-state index >= 15 is 0 Å². The fourth-order valence-corrected chi connectivity index (χ4v) is 5.07. The van der Waals surface area contributed by atoms with Gasteiger partial charge in [0, 0.05) is 23.5 Å². The number of para-hydroxylation sites is 1. The van der Waals surface area contributed by atoms with Gasteiger partial charge in [0.2, 0.25) is 5.91 Å². The van der Waals surface area contributed by atoms with Crippen molar-refractivity contribution in [3.63, 3.8) is 0 Å². The van der Waals surface area contributed by atoms with E-state index < -0.39 is 6.17 Å². The van der Waals surface area contributed by atoms with Crippen molar-refractivity contribution in [3.05, 3.63) is 77.1 Å². The summed E-state index contributed by atoms with van der Waals surface area (Å²) < 4.78 is 13.0. The number of nitrogens with zero attached hydrogens (tertiary/aromatic N) is 3. The number of amides is 3. The van der Waals surface area contributed by atoms with Crippen LogP contribution in [-0.4, -0.2) is 48.0 Å². The maximum absolute atomic E-state index is 13.7. The Morgan fingerprint density at radius 2 is 1.78 bits per heavy atom.